The summed E-state index contributed by atoms with van der Waals surface area (Å²) in [4.78, 5) is 21.6. The van der Waals surface area contributed by atoms with Crippen molar-refractivity contribution in [2.24, 2.45) is 0 Å². The van der Waals surface area contributed by atoms with Gasteiger partial charge in [0.2, 0.25) is 0 Å². The third-order valence-corrected chi connectivity index (χ3v) is 3.31. The molecule has 7 heteroatoms. The van der Waals surface area contributed by atoms with Crippen molar-refractivity contribution in [2.45, 2.75) is 6.92 Å². The minimum Gasteiger partial charge on any atom is -0.457 e. The fraction of sp³-hybridized carbons (Fsp3) is 0.0714. The Morgan fingerprint density at radius 3 is 2.43 bits per heavy atom. The number of hydrogen-bond donors (Lipinski definition) is 0. The maximum atomic E-state index is 13.4. The number of Topliss-reactive ketones (excluding diaryl/α,β-unsaturated/α-hetero) is 1. The molecule has 2 aromatic rings. The monoisotopic (exact) mass is 353 g/mol. The molecular weight excluding hydrogens is 345 g/mol. The van der Waals surface area contributed by atoms with Gasteiger partial charge in [-0.2, -0.15) is 0 Å². The highest BCUT2D eigenvalue weighted by molar-refractivity contribution is 9.10. The topological polar surface area (TPSA) is 69.4 Å². The van der Waals surface area contributed by atoms with Crippen LogP contribution >= 0.6 is 15.9 Å². The van der Waals surface area contributed by atoms with Crippen molar-refractivity contribution in [3.05, 3.63) is 62.4 Å². The summed E-state index contributed by atoms with van der Waals surface area (Å²) in [5.41, 5.74) is -0.355. The van der Waals surface area contributed by atoms with E-state index in [0.717, 1.165) is 0 Å². The van der Waals surface area contributed by atoms with E-state index in [1.54, 1.807) is 0 Å². The molecular formula is C14H9BrFNO4. The van der Waals surface area contributed by atoms with Gasteiger partial charge in [0.05, 0.1) is 15.0 Å². The van der Waals surface area contributed by atoms with E-state index in [9.17, 15) is 19.3 Å². The predicted molar refractivity (Wildman–Crippen MR) is 77.3 cm³/mol. The maximum Gasteiger partial charge on any atom is 0.280 e. The van der Waals surface area contributed by atoms with Crippen LogP contribution in [0.5, 0.6) is 11.5 Å². The summed E-state index contributed by atoms with van der Waals surface area (Å²) in [6.45, 7) is 1.23. The number of ether oxygens (including phenoxy) is 1. The average molecular weight is 354 g/mol. The number of nitrogens with zero attached hydrogens (tertiary/aromatic N) is 1. The van der Waals surface area contributed by atoms with Crippen LogP contribution in [0.3, 0.4) is 0 Å². The Morgan fingerprint density at radius 2 is 1.86 bits per heavy atom. The number of hydrogen-bond acceptors (Lipinski definition) is 4. The fourth-order valence-corrected chi connectivity index (χ4v) is 1.94. The van der Waals surface area contributed by atoms with Gasteiger partial charge in [0.25, 0.3) is 5.69 Å². The van der Waals surface area contributed by atoms with E-state index in [2.05, 4.69) is 15.9 Å². The lowest BCUT2D eigenvalue weighted by molar-refractivity contribution is -0.385. The van der Waals surface area contributed by atoms with Crippen LogP contribution in [-0.4, -0.2) is 10.7 Å². The molecule has 0 aliphatic heterocycles. The number of carbonyl (C=O) groups excluding carboxylic acids is 1. The highest BCUT2D eigenvalue weighted by Gasteiger charge is 2.18. The van der Waals surface area contributed by atoms with Crippen molar-refractivity contribution in [3.63, 3.8) is 0 Å². The molecule has 0 bridgehead atoms. The molecule has 0 fully saturated rings. The molecule has 21 heavy (non-hydrogen) atoms. The number of halogens is 2. The summed E-state index contributed by atoms with van der Waals surface area (Å²) < 4.78 is 19.1. The highest BCUT2D eigenvalue weighted by atomic mass is 79.9. The first kappa shape index (κ1) is 15.1. The van der Waals surface area contributed by atoms with Crippen LogP contribution in [0.15, 0.2) is 40.9 Å². The van der Waals surface area contributed by atoms with Crippen LogP contribution in [0, 0.1) is 15.9 Å². The molecule has 2 aromatic carbocycles. The first-order chi connectivity index (χ1) is 9.88. The lowest BCUT2D eigenvalue weighted by atomic mass is 10.1. The summed E-state index contributed by atoms with van der Waals surface area (Å²) in [5.74, 6) is -0.512. The van der Waals surface area contributed by atoms with Gasteiger partial charge in [-0.05, 0) is 47.1 Å². The van der Waals surface area contributed by atoms with Crippen LogP contribution in [0.2, 0.25) is 0 Å². The zero-order chi connectivity index (χ0) is 15.6. The van der Waals surface area contributed by atoms with Gasteiger partial charge in [-0.15, -0.1) is 0 Å². The van der Waals surface area contributed by atoms with Crippen molar-refractivity contribution >= 4 is 27.4 Å². The summed E-state index contributed by atoms with van der Waals surface area (Å²) in [7, 11) is 0. The van der Waals surface area contributed by atoms with E-state index >= 15 is 0 Å². The molecule has 0 N–H and O–H groups in total. The average Bonchev–Trinajstić information content (AvgIpc) is 2.42. The Hall–Kier alpha value is -2.28. The van der Waals surface area contributed by atoms with E-state index in [0.29, 0.717) is 4.47 Å². The SMILES string of the molecule is CC(=O)c1cc(Oc2ccc(Br)c(F)c2)ccc1[N+](=O)[O-]. The van der Waals surface area contributed by atoms with Gasteiger partial charge in [-0.3, -0.25) is 14.9 Å². The second kappa shape index (κ2) is 6.01. The van der Waals surface area contributed by atoms with Crippen LogP contribution in [0.1, 0.15) is 17.3 Å². The molecule has 0 saturated carbocycles. The molecule has 0 amide bonds. The zero-order valence-corrected chi connectivity index (χ0v) is 12.4. The smallest absolute Gasteiger partial charge is 0.280 e. The van der Waals surface area contributed by atoms with Crippen molar-refractivity contribution in [1.82, 2.24) is 0 Å². The molecule has 0 heterocycles. The molecule has 0 saturated heterocycles. The lowest BCUT2D eigenvalue weighted by Crippen LogP contribution is -2.00. The second-order valence-corrected chi connectivity index (χ2v) is 5.02. The second-order valence-electron chi connectivity index (χ2n) is 4.17. The van der Waals surface area contributed by atoms with Gasteiger partial charge in [-0.1, -0.05) is 0 Å². The third kappa shape index (κ3) is 3.43. The van der Waals surface area contributed by atoms with E-state index in [1.165, 1.54) is 43.3 Å². The normalized spacial score (nSPS) is 10.2. The highest BCUT2D eigenvalue weighted by Crippen LogP contribution is 2.29. The Bertz CT molecular complexity index is 733. The molecule has 108 valence electrons. The number of benzene rings is 2. The van der Waals surface area contributed by atoms with Gasteiger partial charge < -0.3 is 4.74 Å². The van der Waals surface area contributed by atoms with Crippen LogP contribution in [-0.2, 0) is 0 Å². The molecule has 0 aromatic heterocycles. The van der Waals surface area contributed by atoms with E-state index in [4.69, 9.17) is 4.74 Å². The lowest BCUT2D eigenvalue weighted by Gasteiger charge is -2.07. The number of nitro groups is 1. The quantitative estimate of drug-likeness (QED) is 0.461. The summed E-state index contributed by atoms with van der Waals surface area (Å²) in [6.07, 6.45) is 0. The van der Waals surface area contributed by atoms with Crippen molar-refractivity contribution in [2.75, 3.05) is 0 Å². The van der Waals surface area contributed by atoms with Crippen LogP contribution in [0.4, 0.5) is 10.1 Å². The number of carbonyl (C=O) groups is 1. The van der Waals surface area contributed by atoms with Gasteiger partial charge in [0.15, 0.2) is 5.78 Å². The molecule has 0 aliphatic carbocycles. The first-order valence-electron chi connectivity index (χ1n) is 5.81. The van der Waals surface area contributed by atoms with Gasteiger partial charge in [0, 0.05) is 12.1 Å². The minimum absolute atomic E-state index is 0.0601. The Balaban J connectivity index is 2.36. The molecule has 0 aliphatic rings. The first-order valence-corrected chi connectivity index (χ1v) is 6.60. The molecule has 0 spiro atoms. The van der Waals surface area contributed by atoms with Gasteiger partial charge >= 0.3 is 0 Å². The van der Waals surface area contributed by atoms with E-state index in [1.807, 2.05) is 0 Å². The predicted octanol–water partition coefficient (Wildman–Crippen LogP) is 4.49. The zero-order valence-electron chi connectivity index (χ0n) is 10.8. The standard InChI is InChI=1S/C14H9BrFNO4/c1-8(18)11-6-9(3-5-14(11)17(19)20)21-10-2-4-12(15)13(16)7-10/h2-7H,1H3. The van der Waals surface area contributed by atoms with E-state index < -0.39 is 16.5 Å². The summed E-state index contributed by atoms with van der Waals surface area (Å²) in [5, 5.41) is 10.8. The van der Waals surface area contributed by atoms with Crippen molar-refractivity contribution in [1.29, 1.82) is 0 Å². The summed E-state index contributed by atoms with van der Waals surface area (Å²) in [6, 6.07) is 7.97. The van der Waals surface area contributed by atoms with E-state index in [-0.39, 0.29) is 22.7 Å². The maximum absolute atomic E-state index is 13.4. The molecule has 0 atom stereocenters. The molecule has 2 rings (SSSR count). The minimum atomic E-state index is -0.639. The molecule has 5 nitrogen and oxygen atoms in total. The Morgan fingerprint density at radius 1 is 1.24 bits per heavy atom. The Labute approximate surface area is 127 Å². The molecule has 0 unspecified atom stereocenters. The van der Waals surface area contributed by atoms with Crippen molar-refractivity contribution in [3.8, 4) is 11.5 Å². The largest absolute Gasteiger partial charge is 0.457 e. The van der Waals surface area contributed by atoms with Gasteiger partial charge in [-0.25, -0.2) is 4.39 Å². The molecule has 0 radical (unpaired) electrons. The fourth-order valence-electron chi connectivity index (χ4n) is 1.70. The number of nitro benzene ring substituents is 1. The number of rotatable bonds is 4. The van der Waals surface area contributed by atoms with Crippen LogP contribution < -0.4 is 4.74 Å². The van der Waals surface area contributed by atoms with Gasteiger partial charge in [0.1, 0.15) is 17.3 Å². The van der Waals surface area contributed by atoms with Crippen LogP contribution in [0.25, 0.3) is 0 Å². The number of ketones is 1. The van der Waals surface area contributed by atoms with Crippen molar-refractivity contribution < 1.29 is 18.8 Å². The third-order valence-electron chi connectivity index (χ3n) is 2.67. The summed E-state index contributed by atoms with van der Waals surface area (Å²) >= 11 is 3.02. The Kier molecular flexibility index (Phi) is 4.32.